The summed E-state index contributed by atoms with van der Waals surface area (Å²) in [4.78, 5) is 85.0. The van der Waals surface area contributed by atoms with Crippen molar-refractivity contribution in [3.05, 3.63) is 24.1 Å². The van der Waals surface area contributed by atoms with Crippen LogP contribution in [0, 0.1) is 5.92 Å². The highest BCUT2D eigenvalue weighted by molar-refractivity contribution is 7.88. The van der Waals surface area contributed by atoms with Crippen LogP contribution in [0.3, 0.4) is 0 Å². The maximum Gasteiger partial charge on any atom is 0.333 e. The van der Waals surface area contributed by atoms with Crippen LogP contribution in [-0.4, -0.2) is 68.7 Å². The average molecular weight is 800 g/mol. The molecule has 0 aliphatic carbocycles. The van der Waals surface area contributed by atoms with Crippen molar-refractivity contribution < 1.29 is 101 Å². The summed E-state index contributed by atoms with van der Waals surface area (Å²) in [7, 11) is -29.6. The zero-order valence-electron chi connectivity index (χ0n) is 24.9. The number of phosphoric acid groups is 2. The molecule has 0 aromatic carbocycles. The summed E-state index contributed by atoms with van der Waals surface area (Å²) < 4.78 is 119. The minimum atomic E-state index is -5.68. The van der Waals surface area contributed by atoms with Gasteiger partial charge >= 0.3 is 11.9 Å². The Labute approximate surface area is 271 Å². The highest BCUT2D eigenvalue weighted by Crippen LogP contribution is 2.50. The van der Waals surface area contributed by atoms with E-state index in [2.05, 4.69) is 26.5 Å². The van der Waals surface area contributed by atoms with E-state index in [1.807, 2.05) is 0 Å². The monoisotopic (exact) mass is 800 g/mol. The quantitative estimate of drug-likeness (QED) is 0.0419. The largest absolute Gasteiger partial charge is 0.790 e. The van der Waals surface area contributed by atoms with E-state index in [1.165, 1.54) is 20.8 Å². The number of hydrogen-bond acceptors (Lipinski definition) is 22. The summed E-state index contributed by atoms with van der Waals surface area (Å²) in [6, 6.07) is 0. The molecule has 0 aromatic rings. The summed E-state index contributed by atoms with van der Waals surface area (Å²) in [5.74, 6) is -2.43. The minimum absolute atomic E-state index is 0.0323. The molecule has 28 heteroatoms. The number of carbonyl (C=O) groups is 2. The zero-order chi connectivity index (χ0) is 38.1. The fourth-order valence-corrected chi connectivity index (χ4v) is 7.54. The third-order valence-electron chi connectivity index (χ3n) is 4.51. The Kier molecular flexibility index (Phi) is 23.3. The molecule has 0 radical (unpaired) electrons. The predicted octanol–water partition coefficient (Wildman–Crippen LogP) is -2.76. The molecule has 47 heavy (non-hydrogen) atoms. The molecular formula is C19H32O22P4S2-8. The van der Waals surface area contributed by atoms with Crippen LogP contribution in [-0.2, 0) is 66.2 Å². The van der Waals surface area contributed by atoms with Crippen molar-refractivity contribution in [2.24, 2.45) is 5.92 Å². The molecule has 0 fully saturated rings. The average Bonchev–Trinajstić information content (AvgIpc) is 2.84. The van der Waals surface area contributed by atoms with Crippen LogP contribution in [0.25, 0.3) is 0 Å². The Morgan fingerprint density at radius 1 is 0.809 bits per heavy atom. The van der Waals surface area contributed by atoms with Gasteiger partial charge in [-0.15, -0.1) is 0 Å². The third kappa shape index (κ3) is 33.1. The van der Waals surface area contributed by atoms with Gasteiger partial charge in [-0.1, -0.05) is 27.0 Å². The maximum absolute atomic E-state index is 11.6. The van der Waals surface area contributed by atoms with Gasteiger partial charge in [0.15, 0.2) is 0 Å². The van der Waals surface area contributed by atoms with Crippen molar-refractivity contribution in [2.75, 3.05) is 25.5 Å². The molecule has 0 rings (SSSR count). The lowest BCUT2D eigenvalue weighted by Gasteiger charge is -2.36. The first-order valence-electron chi connectivity index (χ1n) is 12.4. The highest BCUT2D eigenvalue weighted by Gasteiger charge is 2.23. The summed E-state index contributed by atoms with van der Waals surface area (Å²) in [6.07, 6.45) is -2.26. The van der Waals surface area contributed by atoms with Gasteiger partial charge in [0.1, 0.15) is 25.3 Å². The van der Waals surface area contributed by atoms with E-state index >= 15 is 0 Å². The van der Waals surface area contributed by atoms with Gasteiger partial charge in [-0.3, -0.25) is 4.79 Å². The first kappa shape index (κ1) is 50.2. The van der Waals surface area contributed by atoms with Crippen LogP contribution in [0.15, 0.2) is 24.1 Å². The molecule has 4 unspecified atom stereocenters. The fourth-order valence-electron chi connectivity index (χ4n) is 2.49. The summed E-state index contributed by atoms with van der Waals surface area (Å²) in [5, 5.41) is -0.883. The number of rotatable bonds is 19. The van der Waals surface area contributed by atoms with Gasteiger partial charge in [-0.25, -0.2) is 21.6 Å². The van der Waals surface area contributed by atoms with Crippen LogP contribution < -0.4 is 29.4 Å². The molecule has 0 bridgehead atoms. The van der Waals surface area contributed by atoms with Gasteiger partial charge in [0.25, 0.3) is 0 Å². The second kappa shape index (κ2) is 21.8. The van der Waals surface area contributed by atoms with E-state index in [9.17, 15) is 83.2 Å². The van der Waals surface area contributed by atoms with Crippen molar-refractivity contribution >= 4 is 63.0 Å². The first-order chi connectivity index (χ1) is 20.8. The SMILES string of the molecule is C=C(C)C(=O)OCCCP(=O)([O-])OP(=O)([O-])[O-].C=CS(=O)(=O)[O-].CCC(CC(C)C(=O)OCCCP(=O)([O-])OP(=O)([O-])[O-])S(=O)(=O)[O-]. The number of carbonyl (C=O) groups excluding carboxylic acids is 2. The standard InChI is InChI=1S/C10H22O11P2S.C7H14O8P2.C2H4O3S/c1-3-9(24(17,18)19)7-8(2)10(11)20-5-4-6-22(12,13)21-23(14,15)16;1-6(2)7(8)14-4-3-5-16(9,10)15-17(11,12)13;1-2-6(3,4)5/h8-9H,3-7H2,1-2H3,(H,12,13)(H2,14,15,16)(H,17,18,19);1,3-5H2,2H3,(H,9,10)(H2,11,12,13);2H,1H2,(H,3,4,5)/p-8. The summed E-state index contributed by atoms with van der Waals surface area (Å²) >= 11 is 0. The fraction of sp³-hybridized carbons (Fsp3) is 0.684. The second-order valence-corrected chi connectivity index (χ2v) is 18.2. The normalized spacial score (nSPS) is 15.9. The third-order valence-corrected chi connectivity index (χ3v) is 11.6. The van der Waals surface area contributed by atoms with Crippen LogP contribution in [0.2, 0.25) is 0 Å². The van der Waals surface area contributed by atoms with Crippen molar-refractivity contribution in [2.45, 2.75) is 51.7 Å². The van der Waals surface area contributed by atoms with E-state index in [0.717, 1.165) is 0 Å². The molecule has 4 atom stereocenters. The number of ether oxygens (including phenoxy) is 2. The van der Waals surface area contributed by atoms with Crippen molar-refractivity contribution in [3.8, 4) is 0 Å². The summed E-state index contributed by atoms with van der Waals surface area (Å²) in [6.45, 7) is 9.61. The first-order valence-corrected chi connectivity index (χ1v) is 21.7. The minimum Gasteiger partial charge on any atom is -0.790 e. The molecule has 0 aromatic heterocycles. The van der Waals surface area contributed by atoms with E-state index < -0.39 is 93.1 Å². The molecule has 0 saturated carbocycles. The molecule has 0 aliphatic heterocycles. The van der Waals surface area contributed by atoms with Gasteiger partial charge in [-0.05, 0) is 32.6 Å². The molecular weight excluding hydrogens is 768 g/mol. The van der Waals surface area contributed by atoms with Crippen molar-refractivity contribution in [3.63, 3.8) is 0 Å². The second-order valence-electron chi connectivity index (χ2n) is 8.84. The van der Waals surface area contributed by atoms with Crippen LogP contribution >= 0.6 is 30.8 Å². The lowest BCUT2D eigenvalue weighted by Crippen LogP contribution is -2.27. The van der Waals surface area contributed by atoms with Crippen LogP contribution in [0.5, 0.6) is 0 Å². The number of esters is 2. The van der Waals surface area contributed by atoms with Gasteiger partial charge in [-0.2, -0.15) is 0 Å². The Bertz CT molecular complexity index is 1430. The van der Waals surface area contributed by atoms with Crippen LogP contribution in [0.4, 0.5) is 0 Å². The lowest BCUT2D eigenvalue weighted by molar-refractivity contribution is -0.340. The molecule has 280 valence electrons. The topological polar surface area (TPSA) is 392 Å². The van der Waals surface area contributed by atoms with Crippen LogP contribution in [0.1, 0.15) is 46.5 Å². The zero-order valence-corrected chi connectivity index (χ0v) is 30.1. The molecule has 0 saturated heterocycles. The van der Waals surface area contributed by atoms with E-state index in [0.29, 0.717) is 5.41 Å². The molecule has 0 spiro atoms. The smallest absolute Gasteiger partial charge is 0.333 e. The van der Waals surface area contributed by atoms with Gasteiger partial charge in [0.05, 0.1) is 50.1 Å². The summed E-state index contributed by atoms with van der Waals surface area (Å²) in [5.41, 5.74) is 0.148. The molecule has 0 aliphatic rings. The lowest BCUT2D eigenvalue weighted by atomic mass is 10.0. The Hall–Kier alpha value is -1.16. The van der Waals surface area contributed by atoms with Crippen molar-refractivity contribution in [1.29, 1.82) is 0 Å². The maximum atomic E-state index is 11.6. The van der Waals surface area contributed by atoms with Gasteiger partial charge < -0.3 is 74.8 Å². The molecule has 0 N–H and O–H groups in total. The Morgan fingerprint density at radius 2 is 1.17 bits per heavy atom. The Balaban J connectivity index is -0.000000728. The van der Waals surface area contributed by atoms with E-state index in [1.54, 1.807) is 0 Å². The molecule has 22 nitrogen and oxygen atoms in total. The highest BCUT2D eigenvalue weighted by atomic mass is 32.2. The van der Waals surface area contributed by atoms with E-state index in [-0.39, 0.29) is 37.9 Å². The number of hydrogen-bond donors (Lipinski definition) is 0. The van der Waals surface area contributed by atoms with Crippen molar-refractivity contribution in [1.82, 2.24) is 0 Å². The molecule has 0 heterocycles. The van der Waals surface area contributed by atoms with Gasteiger partial charge in [0, 0.05) is 23.3 Å². The Morgan fingerprint density at radius 3 is 1.45 bits per heavy atom. The van der Waals surface area contributed by atoms with E-state index in [4.69, 9.17) is 4.74 Å². The molecule has 0 amide bonds. The van der Waals surface area contributed by atoms with Gasteiger partial charge in [0.2, 0.25) is 0 Å². The predicted molar refractivity (Wildman–Crippen MR) is 146 cm³/mol.